The van der Waals surface area contributed by atoms with E-state index < -0.39 is 5.82 Å². The Labute approximate surface area is 151 Å². The zero-order valence-electron chi connectivity index (χ0n) is 12.7. The van der Waals surface area contributed by atoms with Crippen LogP contribution >= 0.6 is 22.9 Å². The Kier molecular flexibility index (Phi) is 3.99. The van der Waals surface area contributed by atoms with E-state index in [2.05, 4.69) is 10.3 Å². The summed E-state index contributed by atoms with van der Waals surface area (Å²) in [5.74, 6) is -0.907. The molecule has 0 aliphatic heterocycles. The standard InChI is InChI=1S/C18H11ClFN3OS/c19-13-8-12(6-7-14(13)20)21-17(24)15-9-23-10-16(25-18(23)22-15)11-4-2-1-3-5-11/h1-10H,(H,21,24). The fourth-order valence-electron chi connectivity index (χ4n) is 2.41. The SMILES string of the molecule is O=C(Nc1ccc(F)c(Cl)c1)c1cn2cc(-c3ccccc3)sc2n1. The van der Waals surface area contributed by atoms with Crippen LogP contribution in [0.1, 0.15) is 10.5 Å². The van der Waals surface area contributed by atoms with E-state index in [1.807, 2.05) is 40.9 Å². The number of rotatable bonds is 3. The number of fused-ring (bicyclic) bond motifs is 1. The van der Waals surface area contributed by atoms with Crippen molar-refractivity contribution in [3.05, 3.63) is 77.5 Å². The molecule has 1 N–H and O–H groups in total. The van der Waals surface area contributed by atoms with Gasteiger partial charge in [-0.05, 0) is 23.8 Å². The third kappa shape index (κ3) is 3.14. The number of halogens is 2. The summed E-state index contributed by atoms with van der Waals surface area (Å²) in [6.07, 6.45) is 3.60. The first-order valence-corrected chi connectivity index (χ1v) is 8.60. The molecule has 0 saturated carbocycles. The van der Waals surface area contributed by atoms with E-state index in [0.29, 0.717) is 5.69 Å². The minimum atomic E-state index is -0.532. The second-order valence-electron chi connectivity index (χ2n) is 5.36. The quantitative estimate of drug-likeness (QED) is 0.544. The average Bonchev–Trinajstić information content (AvgIpc) is 3.18. The molecule has 2 aromatic heterocycles. The Bertz CT molecular complexity index is 1040. The van der Waals surface area contributed by atoms with Crippen LogP contribution in [0.25, 0.3) is 15.4 Å². The highest BCUT2D eigenvalue weighted by atomic mass is 35.5. The molecular formula is C18H11ClFN3OS. The molecule has 4 rings (SSSR count). The van der Waals surface area contributed by atoms with E-state index in [1.54, 1.807) is 6.20 Å². The van der Waals surface area contributed by atoms with Crippen molar-refractivity contribution < 1.29 is 9.18 Å². The van der Waals surface area contributed by atoms with E-state index >= 15 is 0 Å². The maximum absolute atomic E-state index is 13.2. The summed E-state index contributed by atoms with van der Waals surface area (Å²) in [6, 6.07) is 14.0. The van der Waals surface area contributed by atoms with Crippen molar-refractivity contribution >= 4 is 39.5 Å². The zero-order chi connectivity index (χ0) is 17.4. The molecule has 124 valence electrons. The van der Waals surface area contributed by atoms with Crippen LogP contribution in [0.3, 0.4) is 0 Å². The minimum absolute atomic E-state index is 0.0453. The Morgan fingerprint density at radius 1 is 1.16 bits per heavy atom. The number of hydrogen-bond donors (Lipinski definition) is 1. The highest BCUT2D eigenvalue weighted by Crippen LogP contribution is 2.28. The lowest BCUT2D eigenvalue weighted by molar-refractivity contribution is 0.102. The molecule has 0 aliphatic carbocycles. The fraction of sp³-hybridized carbons (Fsp3) is 0. The molecule has 4 nitrogen and oxygen atoms in total. The second kappa shape index (κ2) is 6.31. The van der Waals surface area contributed by atoms with E-state index in [4.69, 9.17) is 11.6 Å². The van der Waals surface area contributed by atoms with E-state index in [9.17, 15) is 9.18 Å². The van der Waals surface area contributed by atoms with Crippen molar-refractivity contribution in [3.8, 4) is 10.4 Å². The van der Waals surface area contributed by atoms with Crippen LogP contribution < -0.4 is 5.32 Å². The number of thiazole rings is 1. The maximum atomic E-state index is 13.2. The summed E-state index contributed by atoms with van der Waals surface area (Å²) < 4.78 is 15.0. The molecule has 0 spiro atoms. The van der Waals surface area contributed by atoms with Crippen molar-refractivity contribution in [2.75, 3.05) is 5.32 Å². The van der Waals surface area contributed by atoms with Crippen LogP contribution in [0.15, 0.2) is 60.9 Å². The largest absolute Gasteiger partial charge is 0.321 e. The number of imidazole rings is 1. The van der Waals surface area contributed by atoms with Gasteiger partial charge in [0, 0.05) is 18.1 Å². The number of aromatic nitrogens is 2. The fourth-order valence-corrected chi connectivity index (χ4v) is 3.56. The van der Waals surface area contributed by atoms with Gasteiger partial charge in [-0.3, -0.25) is 9.20 Å². The molecule has 0 bridgehead atoms. The summed E-state index contributed by atoms with van der Waals surface area (Å²) in [4.78, 5) is 18.5. The summed E-state index contributed by atoms with van der Waals surface area (Å²) in [7, 11) is 0. The second-order valence-corrected chi connectivity index (χ2v) is 6.78. The molecule has 0 saturated heterocycles. The Balaban J connectivity index is 1.58. The summed E-state index contributed by atoms with van der Waals surface area (Å²) >= 11 is 7.22. The monoisotopic (exact) mass is 371 g/mol. The molecule has 2 heterocycles. The van der Waals surface area contributed by atoms with Crippen molar-refractivity contribution in [3.63, 3.8) is 0 Å². The third-order valence-corrected chi connectivity index (χ3v) is 4.96. The Morgan fingerprint density at radius 2 is 1.96 bits per heavy atom. The smallest absolute Gasteiger partial charge is 0.275 e. The number of nitrogens with one attached hydrogen (secondary N) is 1. The topological polar surface area (TPSA) is 46.4 Å². The van der Waals surface area contributed by atoms with Crippen LogP contribution in [0, 0.1) is 5.82 Å². The van der Waals surface area contributed by atoms with Gasteiger partial charge < -0.3 is 5.32 Å². The molecule has 0 aliphatic rings. The van der Waals surface area contributed by atoms with Crippen molar-refractivity contribution in [2.45, 2.75) is 0 Å². The highest BCUT2D eigenvalue weighted by molar-refractivity contribution is 7.20. The first kappa shape index (κ1) is 15.8. The first-order chi connectivity index (χ1) is 12.1. The van der Waals surface area contributed by atoms with Crippen LogP contribution in [0.4, 0.5) is 10.1 Å². The number of amides is 1. The molecular weight excluding hydrogens is 361 g/mol. The lowest BCUT2D eigenvalue weighted by Crippen LogP contribution is -2.12. The van der Waals surface area contributed by atoms with Gasteiger partial charge in [-0.15, -0.1) is 0 Å². The van der Waals surface area contributed by atoms with Crippen LogP contribution in [0.5, 0.6) is 0 Å². The van der Waals surface area contributed by atoms with Gasteiger partial charge in [0.15, 0.2) is 4.96 Å². The van der Waals surface area contributed by atoms with Gasteiger partial charge in [0.2, 0.25) is 0 Å². The van der Waals surface area contributed by atoms with Gasteiger partial charge in [-0.2, -0.15) is 0 Å². The number of benzene rings is 2. The van der Waals surface area contributed by atoms with Gasteiger partial charge in [0.25, 0.3) is 5.91 Å². The Hall–Kier alpha value is -2.70. The molecule has 1 amide bonds. The molecule has 0 radical (unpaired) electrons. The summed E-state index contributed by atoms with van der Waals surface area (Å²) in [5, 5.41) is 2.62. The van der Waals surface area contributed by atoms with Gasteiger partial charge in [0.05, 0.1) is 9.90 Å². The number of hydrogen-bond acceptors (Lipinski definition) is 3. The Morgan fingerprint density at radius 3 is 2.68 bits per heavy atom. The van der Waals surface area contributed by atoms with Crippen LogP contribution in [-0.4, -0.2) is 15.3 Å². The van der Waals surface area contributed by atoms with E-state index in [-0.39, 0.29) is 16.6 Å². The third-order valence-electron chi connectivity index (χ3n) is 3.62. The van der Waals surface area contributed by atoms with Crippen LogP contribution in [0.2, 0.25) is 5.02 Å². The molecule has 4 aromatic rings. The highest BCUT2D eigenvalue weighted by Gasteiger charge is 2.14. The predicted molar refractivity (Wildman–Crippen MR) is 97.9 cm³/mol. The molecule has 0 unspecified atom stereocenters. The van der Waals surface area contributed by atoms with Gasteiger partial charge >= 0.3 is 0 Å². The number of anilines is 1. The molecule has 0 fully saturated rings. The van der Waals surface area contributed by atoms with Crippen molar-refractivity contribution in [2.24, 2.45) is 0 Å². The first-order valence-electron chi connectivity index (χ1n) is 7.40. The predicted octanol–water partition coefficient (Wildman–Crippen LogP) is 5.11. The normalized spacial score (nSPS) is 11.0. The molecule has 7 heteroatoms. The minimum Gasteiger partial charge on any atom is -0.321 e. The van der Waals surface area contributed by atoms with Crippen molar-refractivity contribution in [1.29, 1.82) is 0 Å². The van der Waals surface area contributed by atoms with Crippen LogP contribution in [-0.2, 0) is 0 Å². The van der Waals surface area contributed by atoms with Crippen molar-refractivity contribution in [1.82, 2.24) is 9.38 Å². The number of carbonyl (C=O) groups is 1. The lowest BCUT2D eigenvalue weighted by atomic mass is 10.2. The van der Waals surface area contributed by atoms with E-state index in [0.717, 1.165) is 15.4 Å². The van der Waals surface area contributed by atoms with Gasteiger partial charge in [0.1, 0.15) is 11.5 Å². The lowest BCUT2D eigenvalue weighted by Gasteiger charge is -2.03. The molecule has 25 heavy (non-hydrogen) atoms. The zero-order valence-corrected chi connectivity index (χ0v) is 14.3. The van der Waals surface area contributed by atoms with Gasteiger partial charge in [-0.25, -0.2) is 9.37 Å². The summed E-state index contributed by atoms with van der Waals surface area (Å²) in [6.45, 7) is 0. The van der Waals surface area contributed by atoms with Gasteiger partial charge in [-0.1, -0.05) is 53.3 Å². The maximum Gasteiger partial charge on any atom is 0.275 e. The molecule has 2 aromatic carbocycles. The number of carbonyl (C=O) groups excluding carboxylic acids is 1. The van der Waals surface area contributed by atoms with E-state index in [1.165, 1.54) is 29.5 Å². The number of nitrogens with zero attached hydrogens (tertiary/aromatic N) is 2. The summed E-state index contributed by atoms with van der Waals surface area (Å²) in [5.41, 5.74) is 1.80. The average molecular weight is 372 g/mol. The molecule has 0 atom stereocenters.